The standard InChI is InChI=1S/C15H20N4O/c1-11(2)19(13-6-4-12(8-16)5-7-13)15(20)14-9-18(3)10-17-14/h4-7,9-11H,8,16H2,1-3H3. The molecule has 5 nitrogen and oxygen atoms in total. The molecule has 1 heterocycles. The first-order valence-corrected chi connectivity index (χ1v) is 6.63. The van der Waals surface area contributed by atoms with Crippen LogP contribution in [0.25, 0.3) is 0 Å². The number of imidazole rings is 1. The molecular weight excluding hydrogens is 252 g/mol. The van der Waals surface area contributed by atoms with Crippen LogP contribution in [0.1, 0.15) is 29.9 Å². The Morgan fingerprint density at radius 2 is 2.00 bits per heavy atom. The lowest BCUT2D eigenvalue weighted by Crippen LogP contribution is -2.37. The molecule has 2 N–H and O–H groups in total. The minimum Gasteiger partial charge on any atom is -0.340 e. The number of carbonyl (C=O) groups is 1. The Morgan fingerprint density at radius 3 is 2.45 bits per heavy atom. The van der Waals surface area contributed by atoms with Gasteiger partial charge in [-0.05, 0) is 31.5 Å². The summed E-state index contributed by atoms with van der Waals surface area (Å²) in [5.74, 6) is -0.0962. The van der Waals surface area contributed by atoms with E-state index in [0.717, 1.165) is 11.3 Å². The van der Waals surface area contributed by atoms with Crippen LogP contribution in [0.15, 0.2) is 36.8 Å². The van der Waals surface area contributed by atoms with E-state index in [1.807, 2.05) is 45.2 Å². The summed E-state index contributed by atoms with van der Waals surface area (Å²) in [5, 5.41) is 0. The third kappa shape index (κ3) is 2.88. The van der Waals surface area contributed by atoms with Gasteiger partial charge in [0.15, 0.2) is 0 Å². The van der Waals surface area contributed by atoms with Gasteiger partial charge in [-0.3, -0.25) is 4.79 Å². The second-order valence-electron chi connectivity index (χ2n) is 5.06. The predicted octanol–water partition coefficient (Wildman–Crippen LogP) is 1.93. The van der Waals surface area contributed by atoms with E-state index >= 15 is 0 Å². The summed E-state index contributed by atoms with van der Waals surface area (Å²) in [6, 6.07) is 7.77. The lowest BCUT2D eigenvalue weighted by Gasteiger charge is -2.26. The summed E-state index contributed by atoms with van der Waals surface area (Å²) >= 11 is 0. The van der Waals surface area contributed by atoms with Crippen molar-refractivity contribution in [2.24, 2.45) is 12.8 Å². The van der Waals surface area contributed by atoms with Crippen LogP contribution < -0.4 is 10.6 Å². The van der Waals surface area contributed by atoms with Crippen LogP contribution in [-0.2, 0) is 13.6 Å². The van der Waals surface area contributed by atoms with Crippen LogP contribution in [0.4, 0.5) is 5.69 Å². The van der Waals surface area contributed by atoms with Gasteiger partial charge in [0.05, 0.1) is 6.33 Å². The lowest BCUT2D eigenvalue weighted by atomic mass is 10.1. The number of nitrogens with two attached hydrogens (primary N) is 1. The van der Waals surface area contributed by atoms with Crippen molar-refractivity contribution in [3.63, 3.8) is 0 Å². The number of aryl methyl sites for hydroxylation is 1. The lowest BCUT2D eigenvalue weighted by molar-refractivity contribution is 0.0976. The number of hydrogen-bond donors (Lipinski definition) is 1. The fourth-order valence-electron chi connectivity index (χ4n) is 2.09. The van der Waals surface area contributed by atoms with E-state index in [0.29, 0.717) is 12.2 Å². The van der Waals surface area contributed by atoms with Gasteiger partial charge in [0, 0.05) is 31.5 Å². The SMILES string of the molecule is CC(C)N(C(=O)c1cn(C)cn1)c1ccc(CN)cc1. The van der Waals surface area contributed by atoms with Crippen molar-refractivity contribution < 1.29 is 4.79 Å². The average Bonchev–Trinajstić information content (AvgIpc) is 2.86. The third-order valence-electron chi connectivity index (χ3n) is 3.11. The number of aromatic nitrogens is 2. The van der Waals surface area contributed by atoms with E-state index in [-0.39, 0.29) is 11.9 Å². The average molecular weight is 272 g/mol. The second kappa shape index (κ2) is 5.88. The Labute approximate surface area is 119 Å². The van der Waals surface area contributed by atoms with Gasteiger partial charge in [0.2, 0.25) is 0 Å². The van der Waals surface area contributed by atoms with Gasteiger partial charge in [-0.25, -0.2) is 4.98 Å². The zero-order valence-electron chi connectivity index (χ0n) is 12.1. The van der Waals surface area contributed by atoms with Gasteiger partial charge < -0.3 is 15.2 Å². The summed E-state index contributed by atoms with van der Waals surface area (Å²) in [6.07, 6.45) is 3.36. The summed E-state index contributed by atoms with van der Waals surface area (Å²) in [5.41, 5.74) is 7.94. The Balaban J connectivity index is 2.33. The van der Waals surface area contributed by atoms with Crippen molar-refractivity contribution in [1.82, 2.24) is 9.55 Å². The number of amides is 1. The minimum absolute atomic E-state index is 0.0493. The van der Waals surface area contributed by atoms with Gasteiger partial charge in [0.25, 0.3) is 5.91 Å². The quantitative estimate of drug-likeness (QED) is 0.925. The molecule has 0 aliphatic carbocycles. The number of nitrogens with zero attached hydrogens (tertiary/aromatic N) is 3. The van der Waals surface area contributed by atoms with Gasteiger partial charge in [-0.2, -0.15) is 0 Å². The van der Waals surface area contributed by atoms with E-state index < -0.39 is 0 Å². The molecule has 0 aliphatic heterocycles. The van der Waals surface area contributed by atoms with Gasteiger partial charge in [-0.15, -0.1) is 0 Å². The molecule has 0 bridgehead atoms. The van der Waals surface area contributed by atoms with Gasteiger partial charge in [-0.1, -0.05) is 12.1 Å². The predicted molar refractivity (Wildman–Crippen MR) is 79.5 cm³/mol. The number of carbonyl (C=O) groups excluding carboxylic acids is 1. The van der Waals surface area contributed by atoms with Crippen LogP contribution in [-0.4, -0.2) is 21.5 Å². The molecule has 106 valence electrons. The van der Waals surface area contributed by atoms with Crippen molar-refractivity contribution >= 4 is 11.6 Å². The Hall–Kier alpha value is -2.14. The zero-order valence-corrected chi connectivity index (χ0v) is 12.1. The third-order valence-corrected chi connectivity index (χ3v) is 3.11. The van der Waals surface area contributed by atoms with E-state index in [1.165, 1.54) is 0 Å². The van der Waals surface area contributed by atoms with Crippen LogP contribution in [0, 0.1) is 0 Å². The highest BCUT2D eigenvalue weighted by Gasteiger charge is 2.22. The maximum absolute atomic E-state index is 12.6. The molecular formula is C15H20N4O. The zero-order chi connectivity index (χ0) is 14.7. The highest BCUT2D eigenvalue weighted by atomic mass is 16.2. The van der Waals surface area contributed by atoms with Crippen molar-refractivity contribution in [3.8, 4) is 0 Å². The number of anilines is 1. The van der Waals surface area contributed by atoms with Gasteiger partial charge in [0.1, 0.15) is 5.69 Å². The maximum Gasteiger partial charge on any atom is 0.278 e. The molecule has 0 aliphatic rings. The monoisotopic (exact) mass is 272 g/mol. The molecule has 2 aromatic rings. The highest BCUT2D eigenvalue weighted by Crippen LogP contribution is 2.20. The van der Waals surface area contributed by atoms with Crippen molar-refractivity contribution in [1.29, 1.82) is 0 Å². The molecule has 0 saturated heterocycles. The smallest absolute Gasteiger partial charge is 0.278 e. The van der Waals surface area contributed by atoms with Crippen molar-refractivity contribution in [2.45, 2.75) is 26.4 Å². The summed E-state index contributed by atoms with van der Waals surface area (Å²) < 4.78 is 1.77. The summed E-state index contributed by atoms with van der Waals surface area (Å²) in [6.45, 7) is 4.46. The molecule has 0 atom stereocenters. The first-order valence-electron chi connectivity index (χ1n) is 6.63. The molecule has 0 saturated carbocycles. The van der Waals surface area contributed by atoms with Crippen LogP contribution >= 0.6 is 0 Å². The van der Waals surface area contributed by atoms with E-state index in [1.54, 1.807) is 22.0 Å². The maximum atomic E-state index is 12.6. The molecule has 20 heavy (non-hydrogen) atoms. The first-order chi connectivity index (χ1) is 9.52. The second-order valence-corrected chi connectivity index (χ2v) is 5.06. The topological polar surface area (TPSA) is 64.2 Å². The molecule has 0 unspecified atom stereocenters. The molecule has 1 amide bonds. The van der Waals surface area contributed by atoms with Crippen LogP contribution in [0.5, 0.6) is 0 Å². The van der Waals surface area contributed by atoms with Gasteiger partial charge >= 0.3 is 0 Å². The van der Waals surface area contributed by atoms with E-state index in [9.17, 15) is 4.79 Å². The fraction of sp³-hybridized carbons (Fsp3) is 0.333. The molecule has 0 fully saturated rings. The normalized spacial score (nSPS) is 10.8. The summed E-state index contributed by atoms with van der Waals surface area (Å²) in [4.78, 5) is 18.4. The molecule has 0 radical (unpaired) electrons. The van der Waals surface area contributed by atoms with E-state index in [4.69, 9.17) is 5.73 Å². The largest absolute Gasteiger partial charge is 0.340 e. The number of rotatable bonds is 4. The molecule has 1 aromatic carbocycles. The Bertz CT molecular complexity index is 586. The first kappa shape index (κ1) is 14.3. The van der Waals surface area contributed by atoms with E-state index in [2.05, 4.69) is 4.98 Å². The molecule has 1 aromatic heterocycles. The number of hydrogen-bond acceptors (Lipinski definition) is 3. The van der Waals surface area contributed by atoms with Crippen molar-refractivity contribution in [2.75, 3.05) is 4.90 Å². The fourth-order valence-corrected chi connectivity index (χ4v) is 2.09. The Kier molecular flexibility index (Phi) is 4.20. The van der Waals surface area contributed by atoms with Crippen LogP contribution in [0.3, 0.4) is 0 Å². The van der Waals surface area contributed by atoms with Crippen molar-refractivity contribution in [3.05, 3.63) is 48.0 Å². The minimum atomic E-state index is -0.0962. The number of benzene rings is 1. The van der Waals surface area contributed by atoms with Crippen LogP contribution in [0.2, 0.25) is 0 Å². The highest BCUT2D eigenvalue weighted by molar-refractivity contribution is 6.05. The molecule has 0 spiro atoms. The summed E-state index contributed by atoms with van der Waals surface area (Å²) in [7, 11) is 1.85. The molecule has 2 rings (SSSR count). The molecule has 5 heteroatoms. The Morgan fingerprint density at radius 1 is 1.35 bits per heavy atom.